The number of pyridine rings is 1. The Morgan fingerprint density at radius 3 is 2.56 bits per heavy atom. The summed E-state index contributed by atoms with van der Waals surface area (Å²) in [5.41, 5.74) is 0.945. The minimum absolute atomic E-state index is 0.0110. The van der Waals surface area contributed by atoms with Crippen LogP contribution in [0, 0.1) is 0 Å². The highest BCUT2D eigenvalue weighted by Crippen LogP contribution is 2.39. The van der Waals surface area contributed by atoms with Crippen molar-refractivity contribution in [2.75, 3.05) is 13.2 Å². The van der Waals surface area contributed by atoms with Gasteiger partial charge in [0.05, 0.1) is 10.6 Å². The molecule has 1 aliphatic rings. The molecule has 0 saturated carbocycles. The lowest BCUT2D eigenvalue weighted by molar-refractivity contribution is -0.142. The number of sulfone groups is 1. The number of alkyl halides is 1. The molecule has 1 aliphatic heterocycles. The standard InChI is InChI=1S/C16H16FNO5S2/c17-9-11-1-2-12(18-10-11)13-3-4-14(24-13)25(21,22)16(15(19)20)5-7-23-8-6-16/h1-4,10H,5-9H2,(H,19,20). The average molecular weight is 385 g/mol. The first-order chi connectivity index (χ1) is 11.9. The van der Waals surface area contributed by atoms with Crippen molar-refractivity contribution < 1.29 is 27.4 Å². The zero-order valence-electron chi connectivity index (χ0n) is 13.1. The third kappa shape index (κ3) is 3.07. The molecule has 0 aliphatic carbocycles. The summed E-state index contributed by atoms with van der Waals surface area (Å²) in [6.07, 6.45) is 1.23. The first-order valence-electron chi connectivity index (χ1n) is 7.57. The van der Waals surface area contributed by atoms with Crippen LogP contribution in [0.4, 0.5) is 4.39 Å². The molecule has 9 heteroatoms. The number of rotatable bonds is 5. The van der Waals surface area contributed by atoms with Gasteiger partial charge in [-0.25, -0.2) is 12.8 Å². The molecule has 0 bridgehead atoms. The van der Waals surface area contributed by atoms with E-state index in [1.54, 1.807) is 18.2 Å². The number of thiophene rings is 1. The molecule has 2 aromatic heterocycles. The van der Waals surface area contributed by atoms with Crippen molar-refractivity contribution in [1.82, 2.24) is 4.98 Å². The van der Waals surface area contributed by atoms with Crippen molar-refractivity contribution >= 4 is 27.1 Å². The maximum Gasteiger partial charge on any atom is 0.325 e. The van der Waals surface area contributed by atoms with Crippen molar-refractivity contribution in [2.24, 2.45) is 0 Å². The number of hydrogen-bond acceptors (Lipinski definition) is 6. The quantitative estimate of drug-likeness (QED) is 0.851. The van der Waals surface area contributed by atoms with Crippen molar-refractivity contribution in [3.05, 3.63) is 36.0 Å². The van der Waals surface area contributed by atoms with Crippen molar-refractivity contribution in [1.29, 1.82) is 0 Å². The van der Waals surface area contributed by atoms with Gasteiger partial charge in [-0.3, -0.25) is 9.78 Å². The van der Waals surface area contributed by atoms with Crippen LogP contribution < -0.4 is 0 Å². The summed E-state index contributed by atoms with van der Waals surface area (Å²) < 4.78 is 41.8. The Bertz CT molecular complexity index is 870. The van der Waals surface area contributed by atoms with E-state index in [0.29, 0.717) is 16.1 Å². The molecular weight excluding hydrogens is 369 g/mol. The molecule has 1 saturated heterocycles. The first kappa shape index (κ1) is 18.0. The van der Waals surface area contributed by atoms with Gasteiger partial charge in [-0.2, -0.15) is 0 Å². The molecular formula is C16H16FNO5S2. The van der Waals surface area contributed by atoms with Crippen LogP contribution in [0.2, 0.25) is 0 Å². The molecule has 3 heterocycles. The van der Waals surface area contributed by atoms with Crippen LogP contribution in [0.15, 0.2) is 34.7 Å². The fraction of sp³-hybridized carbons (Fsp3) is 0.375. The predicted molar refractivity (Wildman–Crippen MR) is 90.0 cm³/mol. The smallest absolute Gasteiger partial charge is 0.325 e. The Kier molecular flexibility index (Phi) is 4.90. The van der Waals surface area contributed by atoms with E-state index >= 15 is 0 Å². The predicted octanol–water partition coefficient (Wildman–Crippen LogP) is 2.69. The van der Waals surface area contributed by atoms with E-state index in [0.717, 1.165) is 11.3 Å². The Labute approximate surface area is 148 Å². The lowest BCUT2D eigenvalue weighted by Crippen LogP contribution is -2.50. The van der Waals surface area contributed by atoms with E-state index in [9.17, 15) is 22.7 Å². The van der Waals surface area contributed by atoms with Crippen LogP contribution in [0.25, 0.3) is 10.6 Å². The maximum atomic E-state index is 13.0. The highest BCUT2D eigenvalue weighted by atomic mass is 32.2. The normalized spacial score (nSPS) is 17.3. The molecule has 0 atom stereocenters. The second kappa shape index (κ2) is 6.81. The fourth-order valence-electron chi connectivity index (χ4n) is 2.74. The zero-order chi connectivity index (χ0) is 18.1. The van der Waals surface area contributed by atoms with Gasteiger partial charge >= 0.3 is 5.97 Å². The number of carbonyl (C=O) groups is 1. The Morgan fingerprint density at radius 2 is 2.00 bits per heavy atom. The molecule has 0 amide bonds. The lowest BCUT2D eigenvalue weighted by Gasteiger charge is -2.31. The van der Waals surface area contributed by atoms with E-state index in [1.165, 1.54) is 12.3 Å². The molecule has 25 heavy (non-hydrogen) atoms. The minimum atomic E-state index is -4.07. The van der Waals surface area contributed by atoms with E-state index in [-0.39, 0.29) is 30.3 Å². The molecule has 3 rings (SSSR count). The number of carboxylic acid groups (broad SMARTS) is 1. The van der Waals surface area contributed by atoms with Gasteiger partial charge in [0.2, 0.25) is 9.84 Å². The van der Waals surface area contributed by atoms with Gasteiger partial charge in [-0.1, -0.05) is 6.07 Å². The van der Waals surface area contributed by atoms with E-state index in [1.807, 2.05) is 0 Å². The lowest BCUT2D eigenvalue weighted by atomic mass is 9.99. The molecule has 0 spiro atoms. The van der Waals surface area contributed by atoms with Crippen molar-refractivity contribution in [2.45, 2.75) is 28.5 Å². The van der Waals surface area contributed by atoms with Gasteiger partial charge in [0, 0.05) is 37.8 Å². The molecule has 134 valence electrons. The molecule has 1 N–H and O–H groups in total. The van der Waals surface area contributed by atoms with Gasteiger partial charge in [0.1, 0.15) is 10.9 Å². The van der Waals surface area contributed by atoms with Crippen LogP contribution in [-0.4, -0.2) is 42.4 Å². The first-order valence-corrected chi connectivity index (χ1v) is 9.87. The number of ether oxygens (including phenoxy) is 1. The Hall–Kier alpha value is -1.84. The highest BCUT2D eigenvalue weighted by Gasteiger charge is 2.53. The average Bonchev–Trinajstić information content (AvgIpc) is 3.13. The number of nitrogens with zero attached hydrogens (tertiary/aromatic N) is 1. The zero-order valence-corrected chi connectivity index (χ0v) is 14.8. The molecule has 0 radical (unpaired) electrons. The SMILES string of the molecule is O=C(O)C1(S(=O)(=O)c2ccc(-c3ccc(CF)cn3)s2)CCOCC1. The van der Waals surface area contributed by atoms with E-state index in [2.05, 4.69) is 4.98 Å². The van der Waals surface area contributed by atoms with Crippen LogP contribution in [0.1, 0.15) is 18.4 Å². The minimum Gasteiger partial charge on any atom is -0.480 e. The summed E-state index contributed by atoms with van der Waals surface area (Å²) in [6, 6.07) is 6.18. The topological polar surface area (TPSA) is 93.6 Å². The van der Waals surface area contributed by atoms with E-state index in [4.69, 9.17) is 4.74 Å². The summed E-state index contributed by atoms with van der Waals surface area (Å²) in [4.78, 5) is 16.5. The number of aliphatic carboxylic acids is 1. The van der Waals surface area contributed by atoms with Gasteiger partial charge < -0.3 is 9.84 Å². The Balaban J connectivity index is 1.98. The van der Waals surface area contributed by atoms with Crippen molar-refractivity contribution in [3.63, 3.8) is 0 Å². The van der Waals surface area contributed by atoms with Crippen LogP contribution >= 0.6 is 11.3 Å². The molecule has 1 fully saturated rings. The third-order valence-electron chi connectivity index (χ3n) is 4.28. The Morgan fingerprint density at radius 1 is 1.28 bits per heavy atom. The largest absolute Gasteiger partial charge is 0.480 e. The number of halogens is 1. The number of aromatic nitrogens is 1. The highest BCUT2D eigenvalue weighted by molar-refractivity contribution is 7.95. The van der Waals surface area contributed by atoms with Crippen LogP contribution in [0.5, 0.6) is 0 Å². The summed E-state index contributed by atoms with van der Waals surface area (Å²) in [7, 11) is -4.07. The van der Waals surface area contributed by atoms with Gasteiger partial charge in [-0.05, 0) is 18.2 Å². The third-order valence-corrected chi connectivity index (χ3v) is 8.37. The molecule has 6 nitrogen and oxygen atoms in total. The molecule has 0 aromatic carbocycles. The van der Waals surface area contributed by atoms with Gasteiger partial charge in [0.25, 0.3) is 0 Å². The summed E-state index contributed by atoms with van der Waals surface area (Å²) >= 11 is 0.968. The molecule has 0 unspecified atom stereocenters. The summed E-state index contributed by atoms with van der Waals surface area (Å²) in [5.74, 6) is -1.35. The number of hydrogen-bond donors (Lipinski definition) is 1. The fourth-order valence-corrected chi connectivity index (χ4v) is 6.21. The second-order valence-corrected chi connectivity index (χ2v) is 9.29. The molecule has 2 aromatic rings. The van der Waals surface area contributed by atoms with Gasteiger partial charge in [-0.15, -0.1) is 11.3 Å². The monoisotopic (exact) mass is 385 g/mol. The maximum absolute atomic E-state index is 13.0. The van der Waals surface area contributed by atoms with E-state index < -0.39 is 27.2 Å². The van der Waals surface area contributed by atoms with Crippen molar-refractivity contribution in [3.8, 4) is 10.6 Å². The number of carboxylic acids is 1. The summed E-state index contributed by atoms with van der Waals surface area (Å²) in [5, 5.41) is 9.59. The summed E-state index contributed by atoms with van der Waals surface area (Å²) in [6.45, 7) is -0.438. The van der Waals surface area contributed by atoms with Crippen LogP contribution in [0.3, 0.4) is 0 Å². The van der Waals surface area contributed by atoms with Crippen LogP contribution in [-0.2, 0) is 26.0 Å². The van der Waals surface area contributed by atoms with Gasteiger partial charge in [0.15, 0.2) is 4.75 Å². The second-order valence-electron chi connectivity index (χ2n) is 5.72.